The van der Waals surface area contributed by atoms with Crippen LogP contribution in [-0.2, 0) is 11.3 Å². The molecule has 0 spiro atoms. The van der Waals surface area contributed by atoms with Gasteiger partial charge in [-0.3, -0.25) is 14.6 Å². The lowest BCUT2D eigenvalue weighted by Crippen LogP contribution is -2.32. The molecule has 6 nitrogen and oxygen atoms in total. The first kappa shape index (κ1) is 22.1. The van der Waals surface area contributed by atoms with Gasteiger partial charge in [-0.25, -0.2) is 4.39 Å². The van der Waals surface area contributed by atoms with Crippen molar-refractivity contribution < 1.29 is 19.1 Å². The Bertz CT molecular complexity index is 1370. The van der Waals surface area contributed by atoms with E-state index in [0.29, 0.717) is 42.4 Å². The molecule has 1 aliphatic carbocycles. The number of benzene rings is 2. The Kier molecular flexibility index (Phi) is 6.01. The van der Waals surface area contributed by atoms with E-state index in [0.717, 1.165) is 29.4 Å². The van der Waals surface area contributed by atoms with Crippen molar-refractivity contribution in [3.8, 4) is 0 Å². The summed E-state index contributed by atoms with van der Waals surface area (Å²) >= 11 is 0. The van der Waals surface area contributed by atoms with Crippen LogP contribution in [0.5, 0.6) is 0 Å². The number of halogens is 1. The van der Waals surface area contributed by atoms with Gasteiger partial charge in [-0.1, -0.05) is 24.3 Å². The van der Waals surface area contributed by atoms with Gasteiger partial charge in [-0.2, -0.15) is 0 Å². The van der Waals surface area contributed by atoms with Crippen LogP contribution >= 0.6 is 0 Å². The number of hydrogen-bond acceptors (Lipinski definition) is 3. The minimum atomic E-state index is -0.744. The molecule has 1 fully saturated rings. The average Bonchev–Trinajstić information content (AvgIpc) is 3.24. The predicted molar refractivity (Wildman–Crippen MR) is 128 cm³/mol. The topological polar surface area (TPSA) is 84.2 Å². The van der Waals surface area contributed by atoms with Gasteiger partial charge in [0.2, 0.25) is 0 Å². The number of aliphatic carboxylic acids is 1. The van der Waals surface area contributed by atoms with Gasteiger partial charge in [-0.15, -0.1) is 0 Å². The first-order chi connectivity index (χ1) is 16.5. The summed E-state index contributed by atoms with van der Waals surface area (Å²) in [5, 5.41) is 13.8. The van der Waals surface area contributed by atoms with Crippen molar-refractivity contribution >= 4 is 33.7 Å². The Morgan fingerprint density at radius 1 is 1.03 bits per heavy atom. The molecule has 0 radical (unpaired) electrons. The Balaban J connectivity index is 1.36. The molecule has 7 heteroatoms. The second kappa shape index (κ2) is 9.25. The SMILES string of the molecule is O=C(NCC1CCC(C(=O)O)CC1)c1cc(F)cc2ccn(Cc3ccc4ccccc4n3)c12. The molecule has 1 amide bonds. The van der Waals surface area contributed by atoms with E-state index in [9.17, 15) is 14.0 Å². The number of carboxylic acids is 1. The number of nitrogens with zero attached hydrogens (tertiary/aromatic N) is 2. The van der Waals surface area contributed by atoms with Crippen LogP contribution < -0.4 is 5.32 Å². The number of carbonyl (C=O) groups is 2. The minimum absolute atomic E-state index is 0.234. The zero-order valence-electron chi connectivity index (χ0n) is 18.7. The minimum Gasteiger partial charge on any atom is -0.481 e. The average molecular weight is 460 g/mol. The van der Waals surface area contributed by atoms with Crippen LogP contribution in [-0.4, -0.2) is 33.1 Å². The molecule has 2 heterocycles. The maximum atomic E-state index is 14.3. The van der Waals surface area contributed by atoms with E-state index in [2.05, 4.69) is 5.32 Å². The van der Waals surface area contributed by atoms with Crippen LogP contribution in [0.2, 0.25) is 0 Å². The fourth-order valence-electron chi connectivity index (χ4n) is 4.93. The number of pyridine rings is 1. The van der Waals surface area contributed by atoms with Gasteiger partial charge in [0, 0.05) is 23.5 Å². The molecule has 34 heavy (non-hydrogen) atoms. The monoisotopic (exact) mass is 459 g/mol. The number of carbonyl (C=O) groups excluding carboxylic acids is 1. The predicted octanol–water partition coefficient (Wildman–Crippen LogP) is 5.00. The molecule has 5 rings (SSSR count). The highest BCUT2D eigenvalue weighted by molar-refractivity contribution is 6.06. The molecule has 4 aromatic rings. The molecule has 1 saturated carbocycles. The van der Waals surface area contributed by atoms with Crippen molar-refractivity contribution in [2.45, 2.75) is 32.2 Å². The highest BCUT2D eigenvalue weighted by atomic mass is 19.1. The van der Waals surface area contributed by atoms with E-state index in [4.69, 9.17) is 10.1 Å². The molecule has 0 atom stereocenters. The molecular weight excluding hydrogens is 433 g/mol. The summed E-state index contributed by atoms with van der Waals surface area (Å²) in [6, 6.07) is 16.4. The van der Waals surface area contributed by atoms with E-state index in [1.54, 1.807) is 0 Å². The van der Waals surface area contributed by atoms with Crippen molar-refractivity contribution in [3.05, 3.63) is 77.9 Å². The van der Waals surface area contributed by atoms with E-state index in [-0.39, 0.29) is 17.7 Å². The maximum absolute atomic E-state index is 14.3. The summed E-state index contributed by atoms with van der Waals surface area (Å²) in [6.45, 7) is 0.912. The fraction of sp³-hybridized carbons (Fsp3) is 0.296. The van der Waals surface area contributed by atoms with Crippen molar-refractivity contribution in [1.29, 1.82) is 0 Å². The highest BCUT2D eigenvalue weighted by Gasteiger charge is 2.26. The van der Waals surface area contributed by atoms with Crippen LogP contribution in [0.3, 0.4) is 0 Å². The van der Waals surface area contributed by atoms with E-state index < -0.39 is 11.8 Å². The van der Waals surface area contributed by atoms with Crippen LogP contribution in [0.25, 0.3) is 21.8 Å². The molecule has 1 aliphatic rings. The first-order valence-corrected chi connectivity index (χ1v) is 11.6. The normalized spacial score (nSPS) is 18.3. The third kappa shape index (κ3) is 4.51. The Morgan fingerprint density at radius 2 is 1.82 bits per heavy atom. The third-order valence-corrected chi connectivity index (χ3v) is 6.81. The lowest BCUT2D eigenvalue weighted by molar-refractivity contribution is -0.143. The maximum Gasteiger partial charge on any atom is 0.306 e. The summed E-state index contributed by atoms with van der Waals surface area (Å²) in [6.07, 6.45) is 4.63. The largest absolute Gasteiger partial charge is 0.481 e. The lowest BCUT2D eigenvalue weighted by atomic mass is 9.82. The fourth-order valence-corrected chi connectivity index (χ4v) is 4.93. The van der Waals surface area contributed by atoms with Crippen molar-refractivity contribution in [2.24, 2.45) is 11.8 Å². The van der Waals surface area contributed by atoms with Gasteiger partial charge in [0.15, 0.2) is 0 Å². The number of para-hydroxylation sites is 1. The number of rotatable bonds is 6. The van der Waals surface area contributed by atoms with Gasteiger partial charge >= 0.3 is 5.97 Å². The number of aromatic nitrogens is 2. The van der Waals surface area contributed by atoms with Gasteiger partial charge < -0.3 is 15.0 Å². The smallest absolute Gasteiger partial charge is 0.306 e. The zero-order valence-corrected chi connectivity index (χ0v) is 18.7. The molecule has 0 unspecified atom stereocenters. The summed E-state index contributed by atoms with van der Waals surface area (Å²) in [5.74, 6) is -1.58. The van der Waals surface area contributed by atoms with Crippen molar-refractivity contribution in [2.75, 3.05) is 6.54 Å². The van der Waals surface area contributed by atoms with Gasteiger partial charge in [0.25, 0.3) is 5.91 Å². The Labute approximate surface area is 196 Å². The molecule has 0 saturated heterocycles. The van der Waals surface area contributed by atoms with Gasteiger partial charge in [0.1, 0.15) is 5.82 Å². The summed E-state index contributed by atoms with van der Waals surface area (Å²) < 4.78 is 16.3. The summed E-state index contributed by atoms with van der Waals surface area (Å²) in [4.78, 5) is 29.0. The van der Waals surface area contributed by atoms with Crippen LogP contribution in [0.1, 0.15) is 41.7 Å². The lowest BCUT2D eigenvalue weighted by Gasteiger charge is -2.26. The molecule has 174 valence electrons. The highest BCUT2D eigenvalue weighted by Crippen LogP contribution is 2.29. The van der Waals surface area contributed by atoms with Crippen LogP contribution in [0.4, 0.5) is 4.39 Å². The molecule has 0 bridgehead atoms. The van der Waals surface area contributed by atoms with Crippen LogP contribution in [0.15, 0.2) is 60.8 Å². The number of nitrogens with one attached hydrogen (secondary N) is 1. The second-order valence-corrected chi connectivity index (χ2v) is 9.10. The van der Waals surface area contributed by atoms with Crippen molar-refractivity contribution in [1.82, 2.24) is 14.9 Å². The molecular formula is C27H26FN3O3. The number of hydrogen-bond donors (Lipinski definition) is 2. The van der Waals surface area contributed by atoms with E-state index >= 15 is 0 Å². The summed E-state index contributed by atoms with van der Waals surface area (Å²) in [5.41, 5.74) is 2.71. The van der Waals surface area contributed by atoms with Crippen LogP contribution in [0, 0.1) is 17.7 Å². The third-order valence-electron chi connectivity index (χ3n) is 6.81. The molecule has 2 aromatic heterocycles. The van der Waals surface area contributed by atoms with Gasteiger partial charge in [-0.05, 0) is 61.9 Å². The number of fused-ring (bicyclic) bond motifs is 2. The second-order valence-electron chi connectivity index (χ2n) is 9.10. The molecule has 2 aromatic carbocycles. The first-order valence-electron chi connectivity index (χ1n) is 11.6. The standard InChI is InChI=1S/C27H26FN3O3/c28-21-13-20-11-12-31(16-22-10-9-18-3-1-2-4-24(18)30-22)25(20)23(14-21)26(32)29-15-17-5-7-19(8-6-17)27(33)34/h1-4,9-14,17,19H,5-8,15-16H2,(H,29,32)(H,33,34). The van der Waals surface area contributed by atoms with Gasteiger partial charge in [0.05, 0.1) is 34.8 Å². The Morgan fingerprint density at radius 3 is 2.62 bits per heavy atom. The molecule has 2 N–H and O–H groups in total. The quantitative estimate of drug-likeness (QED) is 0.425. The molecule has 0 aliphatic heterocycles. The zero-order chi connectivity index (χ0) is 23.7. The summed E-state index contributed by atoms with van der Waals surface area (Å²) in [7, 11) is 0. The van der Waals surface area contributed by atoms with E-state index in [1.807, 2.05) is 53.2 Å². The number of carboxylic acid groups (broad SMARTS) is 1. The Hall–Kier alpha value is -3.74. The van der Waals surface area contributed by atoms with E-state index in [1.165, 1.54) is 12.1 Å². The number of amides is 1. The van der Waals surface area contributed by atoms with Crippen molar-refractivity contribution in [3.63, 3.8) is 0 Å².